The molecule has 1 N–H and O–H groups in total. The molecule has 0 radical (unpaired) electrons. The van der Waals surface area contributed by atoms with E-state index in [1.807, 2.05) is 29.3 Å². The lowest BCUT2D eigenvalue weighted by Gasteiger charge is -2.45. The van der Waals surface area contributed by atoms with Crippen LogP contribution in [-0.2, 0) is 20.7 Å². The van der Waals surface area contributed by atoms with Crippen LogP contribution in [0.3, 0.4) is 0 Å². The molecule has 0 bridgehead atoms. The Bertz CT molecular complexity index is 746. The van der Waals surface area contributed by atoms with E-state index in [4.69, 9.17) is 9.47 Å². The number of likely N-dealkylation sites (tertiary alicyclic amines) is 1. The third kappa shape index (κ3) is 3.31. The highest BCUT2D eigenvalue weighted by molar-refractivity contribution is 5.88. The molecule has 5 heteroatoms. The number of nitrogens with one attached hydrogen (secondary N) is 1. The number of ether oxygens (including phenoxy) is 2. The number of aromatic amines is 1. The molecule has 2 saturated heterocycles. The SMILES string of the molecule is COC1CCOC2(CCN(C(=O)Cc3c[nH]c4ccccc34)CC2)C1. The van der Waals surface area contributed by atoms with E-state index in [0.717, 1.165) is 61.8 Å². The van der Waals surface area contributed by atoms with Crippen LogP contribution in [0, 0.1) is 0 Å². The van der Waals surface area contributed by atoms with Crippen molar-refractivity contribution in [1.82, 2.24) is 9.88 Å². The summed E-state index contributed by atoms with van der Waals surface area (Å²) >= 11 is 0. The maximum Gasteiger partial charge on any atom is 0.227 e. The second-order valence-corrected chi connectivity index (χ2v) is 7.30. The molecule has 0 aliphatic carbocycles. The number of carbonyl (C=O) groups is 1. The van der Waals surface area contributed by atoms with Crippen molar-refractivity contribution in [2.75, 3.05) is 26.8 Å². The quantitative estimate of drug-likeness (QED) is 0.933. The smallest absolute Gasteiger partial charge is 0.227 e. The first-order chi connectivity index (χ1) is 12.2. The van der Waals surface area contributed by atoms with Crippen LogP contribution in [0.1, 0.15) is 31.2 Å². The number of piperidine rings is 1. The molecule has 3 heterocycles. The molecule has 1 unspecified atom stereocenters. The Kier molecular flexibility index (Phi) is 4.52. The van der Waals surface area contributed by atoms with Crippen molar-refractivity contribution in [2.45, 2.75) is 43.8 Å². The number of amides is 1. The van der Waals surface area contributed by atoms with Gasteiger partial charge in [0.15, 0.2) is 0 Å². The zero-order valence-corrected chi connectivity index (χ0v) is 14.8. The molecule has 5 nitrogen and oxygen atoms in total. The summed E-state index contributed by atoms with van der Waals surface area (Å²) in [6, 6.07) is 8.13. The van der Waals surface area contributed by atoms with E-state index in [0.29, 0.717) is 12.5 Å². The van der Waals surface area contributed by atoms with E-state index in [1.54, 1.807) is 7.11 Å². The molecule has 1 amide bonds. The summed E-state index contributed by atoms with van der Waals surface area (Å²) in [5, 5.41) is 1.14. The van der Waals surface area contributed by atoms with Crippen LogP contribution >= 0.6 is 0 Å². The summed E-state index contributed by atoms with van der Waals surface area (Å²) in [4.78, 5) is 18.0. The second kappa shape index (κ2) is 6.81. The van der Waals surface area contributed by atoms with E-state index in [1.165, 1.54) is 0 Å². The van der Waals surface area contributed by atoms with Crippen LogP contribution in [-0.4, -0.2) is 54.3 Å². The maximum atomic E-state index is 12.7. The average molecular weight is 342 g/mol. The van der Waals surface area contributed by atoms with E-state index in [9.17, 15) is 4.79 Å². The lowest BCUT2D eigenvalue weighted by Crippen LogP contribution is -2.52. The summed E-state index contributed by atoms with van der Waals surface area (Å²) < 4.78 is 11.6. The first-order valence-corrected chi connectivity index (χ1v) is 9.19. The van der Waals surface area contributed by atoms with Crippen molar-refractivity contribution < 1.29 is 14.3 Å². The van der Waals surface area contributed by atoms with Gasteiger partial charge in [0, 0.05) is 50.3 Å². The number of H-pyrrole nitrogens is 1. The molecule has 0 saturated carbocycles. The Labute approximate surface area is 148 Å². The predicted molar refractivity (Wildman–Crippen MR) is 96.5 cm³/mol. The Morgan fingerprint density at radius 1 is 1.36 bits per heavy atom. The number of hydrogen-bond donors (Lipinski definition) is 1. The summed E-state index contributed by atoms with van der Waals surface area (Å²) in [7, 11) is 1.78. The molecule has 2 fully saturated rings. The van der Waals surface area contributed by atoms with Gasteiger partial charge in [0.05, 0.1) is 18.1 Å². The number of aromatic nitrogens is 1. The zero-order valence-electron chi connectivity index (χ0n) is 14.8. The molecule has 1 spiro atoms. The Balaban J connectivity index is 1.38. The Morgan fingerprint density at radius 3 is 2.96 bits per heavy atom. The van der Waals surface area contributed by atoms with E-state index in [2.05, 4.69) is 11.1 Å². The summed E-state index contributed by atoms with van der Waals surface area (Å²) in [6.45, 7) is 2.32. The van der Waals surface area contributed by atoms with Crippen molar-refractivity contribution >= 4 is 16.8 Å². The lowest BCUT2D eigenvalue weighted by molar-refractivity contribution is -0.157. The molecule has 1 atom stereocenters. The maximum absolute atomic E-state index is 12.7. The molecular formula is C20H26N2O3. The fraction of sp³-hybridized carbons (Fsp3) is 0.550. The standard InChI is InChI=1S/C20H26N2O3/c1-24-16-6-11-25-20(13-16)7-9-22(10-8-20)19(23)12-15-14-21-18-5-3-2-4-17(15)18/h2-5,14,16,21H,6-13H2,1H3. The zero-order chi connectivity index (χ0) is 17.3. The summed E-state index contributed by atoms with van der Waals surface area (Å²) in [5.41, 5.74) is 2.08. The second-order valence-electron chi connectivity index (χ2n) is 7.30. The number of benzene rings is 1. The van der Waals surface area contributed by atoms with Gasteiger partial charge in [-0.1, -0.05) is 18.2 Å². The van der Waals surface area contributed by atoms with Gasteiger partial charge in [-0.15, -0.1) is 0 Å². The number of para-hydroxylation sites is 1. The molecule has 2 aliphatic heterocycles. The number of carbonyl (C=O) groups excluding carboxylic acids is 1. The van der Waals surface area contributed by atoms with Crippen LogP contribution in [0.2, 0.25) is 0 Å². The largest absolute Gasteiger partial charge is 0.381 e. The monoisotopic (exact) mass is 342 g/mol. The molecule has 2 aliphatic rings. The highest BCUT2D eigenvalue weighted by atomic mass is 16.5. The number of hydrogen-bond acceptors (Lipinski definition) is 3. The highest BCUT2D eigenvalue weighted by Gasteiger charge is 2.41. The van der Waals surface area contributed by atoms with Gasteiger partial charge in [0.1, 0.15) is 0 Å². The van der Waals surface area contributed by atoms with Crippen LogP contribution < -0.4 is 0 Å². The number of rotatable bonds is 3. The van der Waals surface area contributed by atoms with Gasteiger partial charge in [-0.05, 0) is 30.9 Å². The summed E-state index contributed by atoms with van der Waals surface area (Å²) in [6.07, 6.45) is 6.45. The summed E-state index contributed by atoms with van der Waals surface area (Å²) in [5.74, 6) is 0.207. The molecule has 1 aromatic heterocycles. The van der Waals surface area contributed by atoms with Crippen LogP contribution in [0.15, 0.2) is 30.5 Å². The predicted octanol–water partition coefficient (Wildman–Crippen LogP) is 2.90. The van der Waals surface area contributed by atoms with E-state index < -0.39 is 0 Å². The highest BCUT2D eigenvalue weighted by Crippen LogP contribution is 2.36. The van der Waals surface area contributed by atoms with Crippen molar-refractivity contribution in [2.24, 2.45) is 0 Å². The van der Waals surface area contributed by atoms with Gasteiger partial charge in [-0.2, -0.15) is 0 Å². The van der Waals surface area contributed by atoms with E-state index >= 15 is 0 Å². The third-order valence-corrected chi connectivity index (χ3v) is 5.83. The lowest BCUT2D eigenvalue weighted by atomic mass is 9.83. The van der Waals surface area contributed by atoms with Crippen molar-refractivity contribution in [3.05, 3.63) is 36.0 Å². The van der Waals surface area contributed by atoms with Gasteiger partial charge in [-0.3, -0.25) is 4.79 Å². The van der Waals surface area contributed by atoms with Crippen LogP contribution in [0.25, 0.3) is 10.9 Å². The van der Waals surface area contributed by atoms with Crippen molar-refractivity contribution in [3.8, 4) is 0 Å². The molecule has 1 aromatic carbocycles. The fourth-order valence-electron chi connectivity index (χ4n) is 4.25. The van der Waals surface area contributed by atoms with Crippen LogP contribution in [0.4, 0.5) is 0 Å². The Hall–Kier alpha value is -1.85. The van der Waals surface area contributed by atoms with E-state index in [-0.39, 0.29) is 11.5 Å². The van der Waals surface area contributed by atoms with Gasteiger partial charge in [0.25, 0.3) is 0 Å². The van der Waals surface area contributed by atoms with Crippen LogP contribution in [0.5, 0.6) is 0 Å². The minimum Gasteiger partial charge on any atom is -0.381 e. The molecule has 25 heavy (non-hydrogen) atoms. The third-order valence-electron chi connectivity index (χ3n) is 5.83. The van der Waals surface area contributed by atoms with Gasteiger partial charge in [-0.25, -0.2) is 0 Å². The number of fused-ring (bicyclic) bond motifs is 1. The van der Waals surface area contributed by atoms with Gasteiger partial charge in [0.2, 0.25) is 5.91 Å². The Morgan fingerprint density at radius 2 is 2.16 bits per heavy atom. The fourth-order valence-corrected chi connectivity index (χ4v) is 4.25. The number of methoxy groups -OCH3 is 1. The topological polar surface area (TPSA) is 54.6 Å². The molecule has 2 aromatic rings. The minimum atomic E-state index is -0.0868. The average Bonchev–Trinajstić information content (AvgIpc) is 3.05. The number of nitrogens with zero attached hydrogens (tertiary/aromatic N) is 1. The van der Waals surface area contributed by atoms with Crippen molar-refractivity contribution in [1.29, 1.82) is 0 Å². The minimum absolute atomic E-state index is 0.0868. The molecule has 4 rings (SSSR count). The normalized spacial score (nSPS) is 23.2. The molecule has 134 valence electrons. The van der Waals surface area contributed by atoms with Gasteiger partial charge >= 0.3 is 0 Å². The molecular weight excluding hydrogens is 316 g/mol. The first-order valence-electron chi connectivity index (χ1n) is 9.19. The van der Waals surface area contributed by atoms with Gasteiger partial charge < -0.3 is 19.4 Å². The first kappa shape index (κ1) is 16.6. The van der Waals surface area contributed by atoms with Crippen molar-refractivity contribution in [3.63, 3.8) is 0 Å².